The summed E-state index contributed by atoms with van der Waals surface area (Å²) in [6.45, 7) is 1.92. The van der Waals surface area contributed by atoms with Crippen LogP contribution in [0.1, 0.15) is 50.4 Å². The third-order valence-corrected chi connectivity index (χ3v) is 3.37. The van der Waals surface area contributed by atoms with Gasteiger partial charge >= 0.3 is 6.09 Å². The summed E-state index contributed by atoms with van der Waals surface area (Å²) < 4.78 is 7.08. The molecule has 0 aromatic carbocycles. The molecular formula is C11H15N3O2. The van der Waals surface area contributed by atoms with Crippen LogP contribution in [0, 0.1) is 0 Å². The van der Waals surface area contributed by atoms with E-state index < -0.39 is 0 Å². The summed E-state index contributed by atoms with van der Waals surface area (Å²) in [5.41, 5.74) is 0.839. The van der Waals surface area contributed by atoms with Gasteiger partial charge in [0.05, 0.1) is 18.3 Å². The maximum Gasteiger partial charge on any atom is 0.413 e. The first-order valence-corrected chi connectivity index (χ1v) is 5.81. The number of rotatable bonds is 1. The van der Waals surface area contributed by atoms with Crippen LogP contribution in [0.15, 0.2) is 6.20 Å². The van der Waals surface area contributed by atoms with Crippen molar-refractivity contribution >= 4 is 6.09 Å². The van der Waals surface area contributed by atoms with Crippen molar-refractivity contribution in [1.82, 2.24) is 15.1 Å². The monoisotopic (exact) mass is 221 g/mol. The number of hydrogen-bond acceptors (Lipinski definition) is 3. The summed E-state index contributed by atoms with van der Waals surface area (Å²) in [6.07, 6.45) is 6.37. The van der Waals surface area contributed by atoms with Crippen molar-refractivity contribution < 1.29 is 9.53 Å². The van der Waals surface area contributed by atoms with E-state index in [1.165, 1.54) is 25.7 Å². The second-order valence-electron chi connectivity index (χ2n) is 4.55. The molecule has 0 radical (unpaired) electrons. The summed E-state index contributed by atoms with van der Waals surface area (Å²) >= 11 is 0. The van der Waals surface area contributed by atoms with Gasteiger partial charge in [-0.25, -0.2) is 4.79 Å². The molecule has 2 aliphatic rings. The molecule has 5 heteroatoms. The molecule has 1 aliphatic heterocycles. The first-order chi connectivity index (χ1) is 7.74. The van der Waals surface area contributed by atoms with Crippen LogP contribution in [0.5, 0.6) is 5.75 Å². The predicted octanol–water partition coefficient (Wildman–Crippen LogP) is 2.16. The number of hydrogen-bond donors (Lipinski definition) is 1. The summed E-state index contributed by atoms with van der Waals surface area (Å²) in [4.78, 5) is 11.2. The number of carbonyl (C=O) groups excluding carboxylic acids is 1. The van der Waals surface area contributed by atoms with E-state index in [1.54, 1.807) is 0 Å². The molecule has 1 aromatic heterocycles. The molecule has 1 aliphatic carbocycles. The number of nitrogens with zero attached hydrogens (tertiary/aromatic N) is 2. The average molecular weight is 221 g/mol. The smallest absolute Gasteiger partial charge is 0.407 e. The lowest BCUT2D eigenvalue weighted by molar-refractivity contribution is 0.189. The lowest BCUT2D eigenvalue weighted by Gasteiger charge is -2.17. The highest BCUT2D eigenvalue weighted by Crippen LogP contribution is 2.34. The molecule has 86 valence electrons. The first-order valence-electron chi connectivity index (χ1n) is 5.81. The molecule has 1 saturated carbocycles. The minimum atomic E-state index is -0.383. The van der Waals surface area contributed by atoms with Gasteiger partial charge in [0.15, 0.2) is 5.75 Å². The number of fused-ring (bicyclic) bond motifs is 1. The molecule has 1 N–H and O–H groups in total. The molecule has 1 aromatic rings. The van der Waals surface area contributed by atoms with E-state index in [4.69, 9.17) is 4.74 Å². The van der Waals surface area contributed by atoms with Gasteiger partial charge in [0.1, 0.15) is 5.69 Å². The van der Waals surface area contributed by atoms with Crippen LogP contribution < -0.4 is 10.1 Å². The lowest BCUT2D eigenvalue weighted by atomic mass is 10.2. The van der Waals surface area contributed by atoms with Gasteiger partial charge in [-0.05, 0) is 19.8 Å². The van der Waals surface area contributed by atoms with Crippen LogP contribution in [0.2, 0.25) is 0 Å². The fraction of sp³-hybridized carbons (Fsp3) is 0.636. The van der Waals surface area contributed by atoms with Crippen LogP contribution in [0.25, 0.3) is 0 Å². The van der Waals surface area contributed by atoms with Gasteiger partial charge in [0.2, 0.25) is 0 Å². The third-order valence-electron chi connectivity index (χ3n) is 3.37. The normalized spacial score (nSPS) is 25.1. The number of ether oxygens (including phenoxy) is 1. The van der Waals surface area contributed by atoms with Crippen LogP contribution in [-0.2, 0) is 0 Å². The van der Waals surface area contributed by atoms with E-state index >= 15 is 0 Å². The molecule has 0 saturated heterocycles. The van der Waals surface area contributed by atoms with Crippen molar-refractivity contribution in [3.8, 4) is 5.75 Å². The van der Waals surface area contributed by atoms with Gasteiger partial charge in [-0.1, -0.05) is 12.8 Å². The van der Waals surface area contributed by atoms with Crippen molar-refractivity contribution in [1.29, 1.82) is 0 Å². The highest BCUT2D eigenvalue weighted by atomic mass is 16.6. The Morgan fingerprint density at radius 2 is 2.25 bits per heavy atom. The van der Waals surface area contributed by atoms with Gasteiger partial charge in [-0.15, -0.1) is 0 Å². The molecule has 16 heavy (non-hydrogen) atoms. The Morgan fingerprint density at radius 1 is 1.50 bits per heavy atom. The van der Waals surface area contributed by atoms with E-state index in [0.29, 0.717) is 11.8 Å². The first kappa shape index (κ1) is 9.69. The number of aromatic nitrogens is 2. The SMILES string of the molecule is CC1NC(=O)Oc2cn(C3CCCC3)nc21. The van der Waals surface area contributed by atoms with E-state index in [0.717, 1.165) is 5.69 Å². The summed E-state index contributed by atoms with van der Waals surface area (Å²) in [5, 5.41) is 7.23. The Balaban J connectivity index is 1.93. The van der Waals surface area contributed by atoms with Crippen LogP contribution in [0.4, 0.5) is 4.79 Å². The molecule has 1 atom stereocenters. The van der Waals surface area contributed by atoms with E-state index in [-0.39, 0.29) is 12.1 Å². The summed E-state index contributed by atoms with van der Waals surface area (Å²) in [5.74, 6) is 0.614. The molecule has 2 heterocycles. The van der Waals surface area contributed by atoms with Crippen molar-refractivity contribution in [2.75, 3.05) is 0 Å². The summed E-state index contributed by atoms with van der Waals surface area (Å²) in [7, 11) is 0. The zero-order valence-electron chi connectivity index (χ0n) is 9.27. The number of amides is 1. The van der Waals surface area contributed by atoms with Crippen LogP contribution in [0.3, 0.4) is 0 Å². The number of nitrogens with one attached hydrogen (secondary N) is 1. The topological polar surface area (TPSA) is 56.1 Å². The van der Waals surface area contributed by atoms with E-state index in [2.05, 4.69) is 10.4 Å². The molecule has 3 rings (SSSR count). The minimum Gasteiger partial charge on any atom is -0.407 e. The standard InChI is InChI=1S/C11H15N3O2/c1-7-10-9(16-11(15)12-7)6-14(13-10)8-4-2-3-5-8/h6-8H,2-5H2,1H3,(H,12,15). The van der Waals surface area contributed by atoms with Crippen molar-refractivity contribution in [3.63, 3.8) is 0 Å². The molecular weight excluding hydrogens is 206 g/mol. The maximum absolute atomic E-state index is 11.2. The van der Waals surface area contributed by atoms with Gasteiger partial charge < -0.3 is 10.1 Å². The zero-order chi connectivity index (χ0) is 11.1. The largest absolute Gasteiger partial charge is 0.413 e. The van der Waals surface area contributed by atoms with E-state index in [1.807, 2.05) is 17.8 Å². The van der Waals surface area contributed by atoms with Crippen molar-refractivity contribution in [2.45, 2.75) is 44.7 Å². The second-order valence-corrected chi connectivity index (χ2v) is 4.55. The fourth-order valence-electron chi connectivity index (χ4n) is 2.50. The predicted molar refractivity (Wildman–Crippen MR) is 57.3 cm³/mol. The second kappa shape index (κ2) is 3.50. The molecule has 0 spiro atoms. The average Bonchev–Trinajstić information content (AvgIpc) is 2.82. The zero-order valence-corrected chi connectivity index (χ0v) is 9.27. The maximum atomic E-state index is 11.2. The van der Waals surface area contributed by atoms with Crippen molar-refractivity contribution in [2.24, 2.45) is 0 Å². The fourth-order valence-corrected chi connectivity index (χ4v) is 2.50. The van der Waals surface area contributed by atoms with Crippen molar-refractivity contribution in [3.05, 3.63) is 11.9 Å². The Labute approximate surface area is 93.8 Å². The Hall–Kier alpha value is -1.52. The van der Waals surface area contributed by atoms with Gasteiger partial charge in [0, 0.05) is 0 Å². The molecule has 0 bridgehead atoms. The summed E-state index contributed by atoms with van der Waals surface area (Å²) in [6, 6.07) is 0.426. The molecule has 1 amide bonds. The van der Waals surface area contributed by atoms with Crippen LogP contribution >= 0.6 is 0 Å². The molecule has 1 unspecified atom stereocenters. The Morgan fingerprint density at radius 3 is 3.00 bits per heavy atom. The molecule has 5 nitrogen and oxygen atoms in total. The quantitative estimate of drug-likeness (QED) is 0.790. The highest BCUT2D eigenvalue weighted by molar-refractivity contribution is 5.73. The highest BCUT2D eigenvalue weighted by Gasteiger charge is 2.28. The van der Waals surface area contributed by atoms with Gasteiger partial charge in [0.25, 0.3) is 0 Å². The number of carbonyl (C=O) groups is 1. The van der Waals surface area contributed by atoms with E-state index in [9.17, 15) is 4.79 Å². The molecule has 1 fully saturated rings. The lowest BCUT2D eigenvalue weighted by Crippen LogP contribution is -2.34. The van der Waals surface area contributed by atoms with Crippen LogP contribution in [-0.4, -0.2) is 15.9 Å². The van der Waals surface area contributed by atoms with Gasteiger partial charge in [-0.2, -0.15) is 5.10 Å². The van der Waals surface area contributed by atoms with Gasteiger partial charge in [-0.3, -0.25) is 4.68 Å². The third kappa shape index (κ3) is 1.47. The minimum absolute atomic E-state index is 0.0566. The Bertz CT molecular complexity index is 421. The Kier molecular flexibility index (Phi) is 2.12.